The van der Waals surface area contributed by atoms with Crippen molar-refractivity contribution < 1.29 is 0 Å². The van der Waals surface area contributed by atoms with Crippen molar-refractivity contribution in [3.05, 3.63) is 0 Å². The highest BCUT2D eigenvalue weighted by molar-refractivity contribution is 7.57. The Labute approximate surface area is 33.0 Å². The lowest BCUT2D eigenvalue weighted by Crippen LogP contribution is -1.99. The zero-order valence-corrected chi connectivity index (χ0v) is 4.08. The summed E-state index contributed by atoms with van der Waals surface area (Å²) in [6.07, 6.45) is 0. The van der Waals surface area contributed by atoms with Crippen LogP contribution < -0.4 is 5.73 Å². The Balaban J connectivity index is 2.85. The van der Waals surface area contributed by atoms with E-state index >= 15 is 0 Å². The zero-order chi connectivity index (χ0) is 4.28. The molecule has 0 rings (SSSR count). The highest BCUT2D eigenvalue weighted by atomic mass is 31.1. The van der Waals surface area contributed by atoms with E-state index in [9.17, 15) is 0 Å². The minimum atomic E-state index is 0.282. The van der Waals surface area contributed by atoms with Crippen LogP contribution in [0.1, 0.15) is 0 Å². The molecular formula is C2H7N2P. The largest absolute Gasteiger partial charge is 0.384 e. The molecule has 0 heterocycles. The number of nitrogens with one attached hydrogen (secondary N) is 1. The summed E-state index contributed by atoms with van der Waals surface area (Å²) in [5.74, 6) is 0. The van der Waals surface area contributed by atoms with Crippen LogP contribution in [0.25, 0.3) is 0 Å². The summed E-state index contributed by atoms with van der Waals surface area (Å²) < 4.78 is 0. The molecule has 5 heavy (non-hydrogen) atoms. The fourth-order valence-electron chi connectivity index (χ4n) is 0. The molecule has 0 aliphatic heterocycles. The fourth-order valence-corrected chi connectivity index (χ4v) is 0. The van der Waals surface area contributed by atoms with Crippen molar-refractivity contribution in [2.75, 3.05) is 6.66 Å². The van der Waals surface area contributed by atoms with Gasteiger partial charge in [0, 0.05) is 0 Å². The van der Waals surface area contributed by atoms with Gasteiger partial charge >= 0.3 is 0 Å². The van der Waals surface area contributed by atoms with Gasteiger partial charge in [-0.05, 0) is 6.66 Å². The van der Waals surface area contributed by atoms with Gasteiger partial charge in [0.05, 0.1) is 0 Å². The van der Waals surface area contributed by atoms with Crippen LogP contribution >= 0.6 is 8.58 Å². The molecule has 2 nitrogen and oxygen atoms in total. The summed E-state index contributed by atoms with van der Waals surface area (Å²) in [6.45, 7) is 1.88. The highest BCUT2D eigenvalue weighted by Gasteiger charge is 1.70. The number of amidine groups is 1. The Morgan fingerprint density at radius 3 is 2.20 bits per heavy atom. The van der Waals surface area contributed by atoms with Crippen molar-refractivity contribution >= 4 is 14.2 Å². The average molecular weight is 90.1 g/mol. The molecule has 0 saturated heterocycles. The third kappa shape index (κ3) is 3.90. The Hall–Kier alpha value is -0.100. The molecule has 0 radical (unpaired) electrons. The standard InChI is InChI=1S/C2H7N2P/c1-5-2(3)4/h5H,1H3,(H3,3,4). The van der Waals surface area contributed by atoms with E-state index in [0.29, 0.717) is 8.58 Å². The van der Waals surface area contributed by atoms with Gasteiger partial charge in [-0.1, -0.05) is 8.58 Å². The molecule has 0 aliphatic rings. The van der Waals surface area contributed by atoms with Gasteiger partial charge in [0.2, 0.25) is 0 Å². The van der Waals surface area contributed by atoms with Crippen molar-refractivity contribution in [2.24, 2.45) is 5.73 Å². The molecule has 0 spiro atoms. The summed E-state index contributed by atoms with van der Waals surface area (Å²) in [5, 5.41) is 6.53. The predicted octanol–water partition coefficient (Wildman–Crippen LogP) is 0.188. The molecule has 0 aromatic rings. The van der Waals surface area contributed by atoms with Crippen molar-refractivity contribution in [3.8, 4) is 0 Å². The molecule has 0 bridgehead atoms. The van der Waals surface area contributed by atoms with Crippen LogP contribution in [0.3, 0.4) is 0 Å². The first-order valence-electron chi connectivity index (χ1n) is 1.29. The van der Waals surface area contributed by atoms with Crippen molar-refractivity contribution in [1.29, 1.82) is 5.41 Å². The SMILES string of the molecule is CPC(=N)N. The van der Waals surface area contributed by atoms with Crippen LogP contribution in [-0.4, -0.2) is 12.2 Å². The van der Waals surface area contributed by atoms with E-state index in [4.69, 9.17) is 11.1 Å². The Morgan fingerprint density at radius 1 is 2.00 bits per heavy atom. The lowest BCUT2D eigenvalue weighted by Gasteiger charge is -1.79. The monoisotopic (exact) mass is 90.0 g/mol. The first kappa shape index (κ1) is 4.90. The van der Waals surface area contributed by atoms with Crippen LogP contribution in [0.15, 0.2) is 0 Å². The second-order valence-electron chi connectivity index (χ2n) is 0.664. The van der Waals surface area contributed by atoms with E-state index in [1.54, 1.807) is 0 Å². The number of hydrogen-bond donors (Lipinski definition) is 2. The van der Waals surface area contributed by atoms with Gasteiger partial charge in [-0.15, -0.1) is 0 Å². The van der Waals surface area contributed by atoms with Gasteiger partial charge in [-0.3, -0.25) is 5.41 Å². The van der Waals surface area contributed by atoms with Gasteiger partial charge < -0.3 is 5.73 Å². The number of rotatable bonds is 1. The maximum atomic E-state index is 6.53. The molecule has 1 unspecified atom stereocenters. The van der Waals surface area contributed by atoms with Gasteiger partial charge in [0.15, 0.2) is 0 Å². The number of hydrogen-bond acceptors (Lipinski definition) is 1. The van der Waals surface area contributed by atoms with Crippen LogP contribution in [0, 0.1) is 5.41 Å². The van der Waals surface area contributed by atoms with Gasteiger partial charge in [-0.25, -0.2) is 0 Å². The Kier molecular flexibility index (Phi) is 2.11. The predicted molar refractivity (Wildman–Crippen MR) is 26.2 cm³/mol. The van der Waals surface area contributed by atoms with Crippen molar-refractivity contribution in [3.63, 3.8) is 0 Å². The third-order valence-electron chi connectivity index (χ3n) is 0.269. The molecule has 0 saturated carbocycles. The summed E-state index contributed by atoms with van der Waals surface area (Å²) in [5.41, 5.74) is 5.17. The number of nitrogens with two attached hydrogens (primary N) is 1. The molecule has 3 heteroatoms. The van der Waals surface area contributed by atoms with Gasteiger partial charge in [0.1, 0.15) is 5.58 Å². The smallest absolute Gasteiger partial charge is 0.110 e. The lowest BCUT2D eigenvalue weighted by atomic mass is 11.4. The summed E-state index contributed by atoms with van der Waals surface area (Å²) in [6, 6.07) is 0. The van der Waals surface area contributed by atoms with E-state index in [-0.39, 0.29) is 5.58 Å². The molecule has 0 fully saturated rings. The maximum Gasteiger partial charge on any atom is 0.110 e. The average Bonchev–Trinajstić information content (AvgIpc) is 1.38. The minimum Gasteiger partial charge on any atom is -0.384 e. The normalized spacial score (nSPS) is 9.80. The highest BCUT2D eigenvalue weighted by Crippen LogP contribution is 1.95. The lowest BCUT2D eigenvalue weighted by molar-refractivity contribution is 1.50. The first-order valence-corrected chi connectivity index (χ1v) is 2.79. The Bertz CT molecular complexity index is 42.9. The van der Waals surface area contributed by atoms with Crippen LogP contribution in [0.4, 0.5) is 0 Å². The quantitative estimate of drug-likeness (QED) is 0.269. The third-order valence-corrected chi connectivity index (χ3v) is 0.808. The minimum absolute atomic E-state index is 0.282. The van der Waals surface area contributed by atoms with Crippen LogP contribution in [-0.2, 0) is 0 Å². The van der Waals surface area contributed by atoms with Crippen molar-refractivity contribution in [2.45, 2.75) is 0 Å². The van der Waals surface area contributed by atoms with Gasteiger partial charge in [-0.2, -0.15) is 0 Å². The van der Waals surface area contributed by atoms with Crippen LogP contribution in [0.5, 0.6) is 0 Å². The van der Waals surface area contributed by atoms with E-state index in [1.807, 2.05) is 6.66 Å². The molecule has 30 valence electrons. The molecule has 3 N–H and O–H groups in total. The molecule has 1 atom stereocenters. The van der Waals surface area contributed by atoms with Crippen LogP contribution in [0.2, 0.25) is 0 Å². The molecular weight excluding hydrogens is 83.0 g/mol. The van der Waals surface area contributed by atoms with Gasteiger partial charge in [0.25, 0.3) is 0 Å². The summed E-state index contributed by atoms with van der Waals surface area (Å²) in [7, 11) is 0.475. The Morgan fingerprint density at radius 2 is 2.20 bits per heavy atom. The molecule has 0 aromatic heterocycles. The zero-order valence-electron chi connectivity index (χ0n) is 3.08. The summed E-state index contributed by atoms with van der Waals surface area (Å²) >= 11 is 0. The first-order chi connectivity index (χ1) is 2.27. The van der Waals surface area contributed by atoms with Crippen molar-refractivity contribution in [1.82, 2.24) is 0 Å². The molecule has 0 aromatic carbocycles. The summed E-state index contributed by atoms with van der Waals surface area (Å²) in [4.78, 5) is 0. The maximum absolute atomic E-state index is 6.53. The fraction of sp³-hybridized carbons (Fsp3) is 0.500. The molecule has 0 aliphatic carbocycles. The second kappa shape index (κ2) is 2.16. The topological polar surface area (TPSA) is 49.9 Å². The molecule has 0 amide bonds. The van der Waals surface area contributed by atoms with E-state index < -0.39 is 0 Å². The van der Waals surface area contributed by atoms with E-state index in [1.165, 1.54) is 0 Å². The van der Waals surface area contributed by atoms with E-state index in [2.05, 4.69) is 0 Å². The van der Waals surface area contributed by atoms with E-state index in [0.717, 1.165) is 0 Å². The second-order valence-corrected chi connectivity index (χ2v) is 1.70.